The first-order valence-corrected chi connectivity index (χ1v) is 12.8. The molecule has 36 heavy (non-hydrogen) atoms. The molecule has 0 spiro atoms. The van der Waals surface area contributed by atoms with Crippen molar-refractivity contribution >= 4 is 28.8 Å². The van der Waals surface area contributed by atoms with Gasteiger partial charge in [-0.15, -0.1) is 11.3 Å². The monoisotopic (exact) mass is 497 g/mol. The van der Waals surface area contributed by atoms with Crippen molar-refractivity contribution in [1.82, 2.24) is 20.6 Å². The first kappa shape index (κ1) is 23.8. The molecular formula is C28H27N5O2S. The van der Waals surface area contributed by atoms with Gasteiger partial charge in [-0.3, -0.25) is 19.9 Å². The minimum atomic E-state index is -0.437. The first-order valence-electron chi connectivity index (χ1n) is 11.9. The van der Waals surface area contributed by atoms with Gasteiger partial charge in [0.1, 0.15) is 0 Å². The summed E-state index contributed by atoms with van der Waals surface area (Å²) in [7, 11) is 1.63. The number of benzene rings is 2. The maximum atomic E-state index is 14.0. The van der Waals surface area contributed by atoms with Crippen LogP contribution in [0, 0.1) is 0 Å². The number of aromatic nitrogens is 2. The van der Waals surface area contributed by atoms with Crippen molar-refractivity contribution < 1.29 is 9.59 Å². The zero-order chi connectivity index (χ0) is 24.9. The van der Waals surface area contributed by atoms with E-state index >= 15 is 0 Å². The zero-order valence-corrected chi connectivity index (χ0v) is 20.8. The quantitative estimate of drug-likeness (QED) is 0.386. The van der Waals surface area contributed by atoms with E-state index in [1.807, 2.05) is 64.9 Å². The van der Waals surface area contributed by atoms with E-state index in [-0.39, 0.29) is 11.8 Å². The van der Waals surface area contributed by atoms with Gasteiger partial charge in [0, 0.05) is 49.2 Å². The van der Waals surface area contributed by atoms with Crippen molar-refractivity contribution in [2.45, 2.75) is 25.4 Å². The number of nitrogens with one attached hydrogen (secondary N) is 2. The molecule has 4 aromatic rings. The molecule has 1 aliphatic heterocycles. The van der Waals surface area contributed by atoms with Gasteiger partial charge in [0.25, 0.3) is 5.91 Å². The van der Waals surface area contributed by atoms with Crippen molar-refractivity contribution in [2.24, 2.45) is 0 Å². The number of carbonyl (C=O) groups excluding carboxylic acids is 2. The molecule has 0 aliphatic carbocycles. The summed E-state index contributed by atoms with van der Waals surface area (Å²) in [6.45, 7) is 1.04. The summed E-state index contributed by atoms with van der Waals surface area (Å²) in [4.78, 5) is 37.1. The van der Waals surface area contributed by atoms with Gasteiger partial charge in [0.15, 0.2) is 0 Å². The third kappa shape index (κ3) is 5.05. The zero-order valence-electron chi connectivity index (χ0n) is 20.0. The molecule has 1 atom stereocenters. The second-order valence-electron chi connectivity index (χ2n) is 8.68. The number of anilines is 1. The summed E-state index contributed by atoms with van der Waals surface area (Å²) in [5.41, 5.74) is 7.91. The Balaban J connectivity index is 1.50. The lowest BCUT2D eigenvalue weighted by Crippen LogP contribution is -2.47. The van der Waals surface area contributed by atoms with E-state index in [0.29, 0.717) is 31.5 Å². The topological polar surface area (TPSA) is 87.2 Å². The van der Waals surface area contributed by atoms with E-state index in [1.54, 1.807) is 25.0 Å². The second kappa shape index (κ2) is 10.8. The molecule has 0 saturated carbocycles. The Hall–Kier alpha value is -3.88. The molecule has 1 aliphatic rings. The van der Waals surface area contributed by atoms with Gasteiger partial charge >= 0.3 is 0 Å². The third-order valence-electron chi connectivity index (χ3n) is 6.45. The van der Waals surface area contributed by atoms with Gasteiger partial charge in [0.2, 0.25) is 5.91 Å². The summed E-state index contributed by atoms with van der Waals surface area (Å²) in [5, 5.41) is 8.18. The standard InChI is InChI=1S/C28H27N5O2S/c1-29-27(34)24-14-21(20-7-10-30-11-8-20)15-26-23(24)9-12-33(26)28(35)25(13-19-5-3-2-4-6-19)31-16-22-17-36-18-32-22/h2-8,10-11,14-15,17-18,25,31H,9,12-13,16H2,1H3,(H,29,34). The largest absolute Gasteiger partial charge is 0.355 e. The predicted molar refractivity (Wildman–Crippen MR) is 142 cm³/mol. The molecule has 2 aromatic heterocycles. The molecule has 1 unspecified atom stereocenters. The van der Waals surface area contributed by atoms with Crippen LogP contribution in [0.2, 0.25) is 0 Å². The van der Waals surface area contributed by atoms with E-state index in [1.165, 1.54) is 11.3 Å². The molecule has 0 radical (unpaired) electrons. The average molecular weight is 498 g/mol. The molecule has 2 N–H and O–H groups in total. The third-order valence-corrected chi connectivity index (χ3v) is 7.08. The molecule has 0 bridgehead atoms. The fourth-order valence-corrected chi connectivity index (χ4v) is 5.18. The number of thiazole rings is 1. The van der Waals surface area contributed by atoms with E-state index < -0.39 is 6.04 Å². The highest BCUT2D eigenvalue weighted by molar-refractivity contribution is 7.07. The van der Waals surface area contributed by atoms with Gasteiger partial charge in [0.05, 0.1) is 17.2 Å². The SMILES string of the molecule is CNC(=O)c1cc(-c2ccncc2)cc2c1CCN2C(=O)C(Cc1ccccc1)NCc1cscn1. The molecule has 7 nitrogen and oxygen atoms in total. The van der Waals surface area contributed by atoms with Crippen molar-refractivity contribution in [1.29, 1.82) is 0 Å². The maximum absolute atomic E-state index is 14.0. The Bertz CT molecular complexity index is 1340. The molecule has 182 valence electrons. The molecule has 2 amide bonds. The predicted octanol–water partition coefficient (Wildman–Crippen LogP) is 3.85. The minimum Gasteiger partial charge on any atom is -0.355 e. The maximum Gasteiger partial charge on any atom is 0.251 e. The van der Waals surface area contributed by atoms with E-state index in [0.717, 1.165) is 33.6 Å². The van der Waals surface area contributed by atoms with Crippen LogP contribution in [-0.4, -0.2) is 41.4 Å². The first-order chi connectivity index (χ1) is 17.6. The van der Waals surface area contributed by atoms with Crippen LogP contribution in [0.4, 0.5) is 5.69 Å². The molecule has 2 aromatic carbocycles. The summed E-state index contributed by atoms with van der Waals surface area (Å²) in [6.07, 6.45) is 4.64. The number of rotatable bonds is 8. The highest BCUT2D eigenvalue weighted by Crippen LogP contribution is 2.36. The lowest BCUT2D eigenvalue weighted by Gasteiger charge is -2.26. The van der Waals surface area contributed by atoms with Crippen LogP contribution in [0.5, 0.6) is 0 Å². The number of carbonyl (C=O) groups is 2. The van der Waals surface area contributed by atoms with Gasteiger partial charge in [-0.05, 0) is 59.4 Å². The van der Waals surface area contributed by atoms with Gasteiger partial charge < -0.3 is 10.2 Å². The minimum absolute atomic E-state index is 0.0115. The number of hydrogen-bond acceptors (Lipinski definition) is 6. The summed E-state index contributed by atoms with van der Waals surface area (Å²) >= 11 is 1.54. The summed E-state index contributed by atoms with van der Waals surface area (Å²) in [5.74, 6) is -0.165. The van der Waals surface area contributed by atoms with E-state index in [9.17, 15) is 9.59 Å². The van der Waals surface area contributed by atoms with Crippen molar-refractivity contribution in [3.8, 4) is 11.1 Å². The lowest BCUT2D eigenvalue weighted by molar-refractivity contribution is -0.120. The van der Waals surface area contributed by atoms with Crippen molar-refractivity contribution in [3.05, 3.63) is 100 Å². The van der Waals surface area contributed by atoms with Crippen LogP contribution in [0.25, 0.3) is 11.1 Å². The molecular weight excluding hydrogens is 470 g/mol. The van der Waals surface area contributed by atoms with Crippen LogP contribution in [0.15, 0.2) is 77.9 Å². The summed E-state index contributed by atoms with van der Waals surface area (Å²) in [6, 6.07) is 17.3. The summed E-state index contributed by atoms with van der Waals surface area (Å²) < 4.78 is 0. The molecule has 3 heterocycles. The molecule has 5 rings (SSSR count). The average Bonchev–Trinajstić information content (AvgIpc) is 3.61. The smallest absolute Gasteiger partial charge is 0.251 e. The number of pyridine rings is 1. The van der Waals surface area contributed by atoms with Gasteiger partial charge in [-0.1, -0.05) is 30.3 Å². The lowest BCUT2D eigenvalue weighted by atomic mass is 9.97. The van der Waals surface area contributed by atoms with Crippen LogP contribution >= 0.6 is 11.3 Å². The Morgan fingerprint density at radius 3 is 2.61 bits per heavy atom. The Labute approximate surface area is 214 Å². The number of hydrogen-bond donors (Lipinski definition) is 2. The van der Waals surface area contributed by atoms with Crippen LogP contribution in [0.1, 0.15) is 27.2 Å². The van der Waals surface area contributed by atoms with E-state index in [2.05, 4.69) is 20.6 Å². The molecule has 0 fully saturated rings. The molecule has 0 saturated heterocycles. The van der Waals surface area contributed by atoms with Gasteiger partial charge in [-0.2, -0.15) is 0 Å². The van der Waals surface area contributed by atoms with Gasteiger partial charge in [-0.25, -0.2) is 4.98 Å². The molecule has 8 heteroatoms. The van der Waals surface area contributed by atoms with Crippen LogP contribution in [0.3, 0.4) is 0 Å². The highest BCUT2D eigenvalue weighted by atomic mass is 32.1. The van der Waals surface area contributed by atoms with E-state index in [4.69, 9.17) is 0 Å². The Morgan fingerprint density at radius 2 is 1.89 bits per heavy atom. The fraction of sp³-hybridized carbons (Fsp3) is 0.214. The Kier molecular flexibility index (Phi) is 7.16. The second-order valence-corrected chi connectivity index (χ2v) is 9.40. The van der Waals surface area contributed by atoms with Crippen LogP contribution < -0.4 is 15.5 Å². The number of amides is 2. The number of fused-ring (bicyclic) bond motifs is 1. The van der Waals surface area contributed by atoms with Crippen molar-refractivity contribution in [2.75, 3.05) is 18.5 Å². The highest BCUT2D eigenvalue weighted by Gasteiger charge is 2.33. The fourth-order valence-electron chi connectivity index (χ4n) is 4.62. The number of nitrogens with zero attached hydrogens (tertiary/aromatic N) is 3. The Morgan fingerprint density at radius 1 is 1.08 bits per heavy atom. The van der Waals surface area contributed by atoms with Crippen molar-refractivity contribution in [3.63, 3.8) is 0 Å². The normalized spacial score (nSPS) is 13.3. The van der Waals surface area contributed by atoms with Crippen LogP contribution in [-0.2, 0) is 24.2 Å².